The van der Waals surface area contributed by atoms with E-state index in [2.05, 4.69) is 29.2 Å². The first-order chi connectivity index (χ1) is 11.3. The van der Waals surface area contributed by atoms with Gasteiger partial charge in [-0.3, -0.25) is 9.69 Å². The molecule has 1 aliphatic heterocycles. The molecule has 0 radical (unpaired) electrons. The fraction of sp³-hybridized carbons (Fsp3) is 0.632. The molecular formula is C19H28N2O2. The van der Waals surface area contributed by atoms with Crippen LogP contribution >= 0.6 is 0 Å². The molecule has 126 valence electrons. The Bertz CT molecular complexity index is 499. The van der Waals surface area contributed by atoms with Gasteiger partial charge < -0.3 is 9.64 Å². The maximum Gasteiger partial charge on any atom is 0.242 e. The van der Waals surface area contributed by atoms with Crippen molar-refractivity contribution in [3.8, 4) is 0 Å². The number of likely N-dealkylation sites (N-methyl/N-ethyl adjacent to an activating group) is 1. The summed E-state index contributed by atoms with van der Waals surface area (Å²) in [5.74, 6) is 0.229. The van der Waals surface area contributed by atoms with E-state index < -0.39 is 0 Å². The number of hydrogen-bond donors (Lipinski definition) is 0. The van der Waals surface area contributed by atoms with Crippen LogP contribution in [0.25, 0.3) is 0 Å². The Morgan fingerprint density at radius 2 is 1.96 bits per heavy atom. The number of carbonyl (C=O) groups excluding carboxylic acids is 1. The van der Waals surface area contributed by atoms with Crippen LogP contribution in [0.4, 0.5) is 0 Å². The number of morpholine rings is 1. The molecule has 1 saturated carbocycles. The summed E-state index contributed by atoms with van der Waals surface area (Å²) in [6.45, 7) is 2.87. The lowest BCUT2D eigenvalue weighted by atomic mass is 9.94. The minimum absolute atomic E-state index is 0.143. The molecule has 2 fully saturated rings. The highest BCUT2D eigenvalue weighted by Crippen LogP contribution is 2.23. The molecule has 0 spiro atoms. The Labute approximate surface area is 139 Å². The Hall–Kier alpha value is -1.39. The summed E-state index contributed by atoms with van der Waals surface area (Å²) in [4.78, 5) is 17.3. The third-order valence-corrected chi connectivity index (χ3v) is 5.22. The quantitative estimate of drug-likeness (QED) is 0.856. The first kappa shape index (κ1) is 16.5. The molecule has 0 bridgehead atoms. The van der Waals surface area contributed by atoms with Crippen molar-refractivity contribution in [2.45, 2.75) is 50.7 Å². The summed E-state index contributed by atoms with van der Waals surface area (Å²) >= 11 is 0. The SMILES string of the molecule is CN(C(=O)[C@H]1COCCN1Cc1ccccc1)C1CCCCC1. The third-order valence-electron chi connectivity index (χ3n) is 5.22. The lowest BCUT2D eigenvalue weighted by Crippen LogP contribution is -2.55. The second-order valence-corrected chi connectivity index (χ2v) is 6.79. The van der Waals surface area contributed by atoms with Gasteiger partial charge in [0.2, 0.25) is 5.91 Å². The highest BCUT2D eigenvalue weighted by Gasteiger charge is 2.34. The van der Waals surface area contributed by atoms with Crippen molar-refractivity contribution in [3.63, 3.8) is 0 Å². The lowest BCUT2D eigenvalue weighted by molar-refractivity contribution is -0.145. The van der Waals surface area contributed by atoms with Crippen molar-refractivity contribution in [3.05, 3.63) is 35.9 Å². The van der Waals surface area contributed by atoms with Gasteiger partial charge in [-0.2, -0.15) is 0 Å². The predicted molar refractivity (Wildman–Crippen MR) is 91.1 cm³/mol. The van der Waals surface area contributed by atoms with Crippen molar-refractivity contribution in [1.82, 2.24) is 9.80 Å². The summed E-state index contributed by atoms with van der Waals surface area (Å²) in [6.07, 6.45) is 6.10. The fourth-order valence-corrected chi connectivity index (χ4v) is 3.76. The van der Waals surface area contributed by atoms with Crippen LogP contribution in [0.2, 0.25) is 0 Å². The highest BCUT2D eigenvalue weighted by atomic mass is 16.5. The normalized spacial score (nSPS) is 23.6. The molecule has 4 nitrogen and oxygen atoms in total. The molecule has 1 amide bonds. The molecule has 1 aliphatic carbocycles. The summed E-state index contributed by atoms with van der Waals surface area (Å²) in [6, 6.07) is 10.7. The number of rotatable bonds is 4. The maximum absolute atomic E-state index is 13.0. The summed E-state index contributed by atoms with van der Waals surface area (Å²) in [7, 11) is 1.98. The second kappa shape index (κ2) is 7.93. The van der Waals surface area contributed by atoms with Gasteiger partial charge in [-0.25, -0.2) is 0 Å². The summed E-state index contributed by atoms with van der Waals surface area (Å²) in [5.41, 5.74) is 1.26. The number of amides is 1. The van der Waals surface area contributed by atoms with Gasteiger partial charge in [-0.15, -0.1) is 0 Å². The second-order valence-electron chi connectivity index (χ2n) is 6.79. The molecule has 1 aromatic carbocycles. The number of benzene rings is 1. The molecule has 2 aliphatic rings. The standard InChI is InChI=1S/C19H28N2O2/c1-20(17-10-6-3-7-11-17)19(22)18-15-23-13-12-21(18)14-16-8-4-2-5-9-16/h2,4-5,8-9,17-18H,3,6-7,10-15H2,1H3/t18-/m1/s1. The van der Waals surface area contributed by atoms with Crippen LogP contribution in [-0.2, 0) is 16.1 Å². The third kappa shape index (κ3) is 4.12. The van der Waals surface area contributed by atoms with E-state index in [0.29, 0.717) is 19.3 Å². The topological polar surface area (TPSA) is 32.8 Å². The number of ether oxygens (including phenoxy) is 1. The van der Waals surface area contributed by atoms with E-state index >= 15 is 0 Å². The van der Waals surface area contributed by atoms with Crippen molar-refractivity contribution in [2.24, 2.45) is 0 Å². The summed E-state index contributed by atoms with van der Waals surface area (Å²) < 4.78 is 5.62. The average Bonchev–Trinajstić information content (AvgIpc) is 2.62. The minimum Gasteiger partial charge on any atom is -0.378 e. The predicted octanol–water partition coefficient (Wildman–Crippen LogP) is 2.68. The van der Waals surface area contributed by atoms with Gasteiger partial charge in [0, 0.05) is 26.2 Å². The molecule has 1 saturated heterocycles. The van der Waals surface area contributed by atoms with Gasteiger partial charge >= 0.3 is 0 Å². The zero-order valence-electron chi connectivity index (χ0n) is 14.1. The Morgan fingerprint density at radius 3 is 2.70 bits per heavy atom. The smallest absolute Gasteiger partial charge is 0.242 e. The van der Waals surface area contributed by atoms with Crippen molar-refractivity contribution >= 4 is 5.91 Å². The molecule has 3 rings (SSSR count). The lowest BCUT2D eigenvalue weighted by Gasteiger charge is -2.39. The molecule has 0 aromatic heterocycles. The molecule has 1 heterocycles. The number of hydrogen-bond acceptors (Lipinski definition) is 3. The first-order valence-corrected chi connectivity index (χ1v) is 8.88. The number of nitrogens with zero attached hydrogens (tertiary/aromatic N) is 2. The van der Waals surface area contributed by atoms with Crippen LogP contribution in [0.15, 0.2) is 30.3 Å². The average molecular weight is 316 g/mol. The van der Waals surface area contributed by atoms with E-state index in [4.69, 9.17) is 4.74 Å². The van der Waals surface area contributed by atoms with E-state index in [0.717, 1.165) is 25.9 Å². The van der Waals surface area contributed by atoms with Crippen LogP contribution < -0.4 is 0 Å². The van der Waals surface area contributed by atoms with Gasteiger partial charge in [-0.05, 0) is 18.4 Å². The van der Waals surface area contributed by atoms with E-state index in [1.807, 2.05) is 18.0 Å². The van der Waals surface area contributed by atoms with E-state index in [1.54, 1.807) is 0 Å². The van der Waals surface area contributed by atoms with Gasteiger partial charge in [0.15, 0.2) is 0 Å². The minimum atomic E-state index is -0.143. The monoisotopic (exact) mass is 316 g/mol. The molecule has 4 heteroatoms. The first-order valence-electron chi connectivity index (χ1n) is 8.88. The van der Waals surface area contributed by atoms with E-state index in [9.17, 15) is 4.79 Å². The van der Waals surface area contributed by atoms with E-state index in [1.165, 1.54) is 24.8 Å². The van der Waals surface area contributed by atoms with Gasteiger partial charge in [0.1, 0.15) is 6.04 Å². The van der Waals surface area contributed by atoms with Crippen LogP contribution in [0.1, 0.15) is 37.7 Å². The van der Waals surface area contributed by atoms with Gasteiger partial charge in [-0.1, -0.05) is 49.6 Å². The molecule has 1 atom stereocenters. The fourth-order valence-electron chi connectivity index (χ4n) is 3.76. The van der Waals surface area contributed by atoms with Gasteiger partial charge in [0.05, 0.1) is 13.2 Å². The Morgan fingerprint density at radius 1 is 1.22 bits per heavy atom. The maximum atomic E-state index is 13.0. The Kier molecular flexibility index (Phi) is 5.68. The van der Waals surface area contributed by atoms with Crippen LogP contribution in [-0.4, -0.2) is 54.6 Å². The van der Waals surface area contributed by atoms with Crippen molar-refractivity contribution in [2.75, 3.05) is 26.8 Å². The van der Waals surface area contributed by atoms with Crippen molar-refractivity contribution in [1.29, 1.82) is 0 Å². The van der Waals surface area contributed by atoms with Crippen molar-refractivity contribution < 1.29 is 9.53 Å². The highest BCUT2D eigenvalue weighted by molar-refractivity contribution is 5.82. The van der Waals surface area contributed by atoms with Crippen LogP contribution in [0.5, 0.6) is 0 Å². The number of carbonyl (C=O) groups is 1. The largest absolute Gasteiger partial charge is 0.378 e. The zero-order valence-corrected chi connectivity index (χ0v) is 14.1. The van der Waals surface area contributed by atoms with E-state index in [-0.39, 0.29) is 11.9 Å². The van der Waals surface area contributed by atoms with Gasteiger partial charge in [0.25, 0.3) is 0 Å². The molecule has 1 aromatic rings. The van der Waals surface area contributed by atoms with Crippen LogP contribution in [0.3, 0.4) is 0 Å². The zero-order chi connectivity index (χ0) is 16.1. The van der Waals surface area contributed by atoms with Crippen LogP contribution in [0, 0.1) is 0 Å². The molecule has 0 unspecified atom stereocenters. The molecular weight excluding hydrogens is 288 g/mol. The summed E-state index contributed by atoms with van der Waals surface area (Å²) in [5, 5.41) is 0. The molecule has 0 N–H and O–H groups in total. The Balaban J connectivity index is 1.66. The molecule has 23 heavy (non-hydrogen) atoms.